The predicted molar refractivity (Wildman–Crippen MR) is 275 cm³/mol. The molecule has 2 heterocycles. The summed E-state index contributed by atoms with van der Waals surface area (Å²) in [5, 5.41) is 4.50. The second-order valence-corrected chi connectivity index (χ2v) is 23.2. The highest BCUT2D eigenvalue weighted by atomic mass is 32.2. The molecule has 0 atom stereocenters. The standard InChI is InChI=1S/C55H61N3O8S2/c1-53(2,3)66-52(59)56(8)51-43(27-31-47-54(4,5)49-39-21-11-9-19-37(39)25-29-45(49)57(47)33-15-17-35-67(60,61)62)41-23-13-14-24-42(41)44(51)28-32-48-55(6,7)50-40-22-12-10-20-38(40)26-30-46(50)58(48)34-16-18-36-68(63,64)65/h9-14,19-32H,15-18,33-36H2,1-8H3,(H-,60,61,62,63,64,65)/p+1. The lowest BCUT2D eigenvalue weighted by Crippen LogP contribution is -2.34. The van der Waals surface area contributed by atoms with E-state index >= 15 is 0 Å². The number of hydrogen-bond acceptors (Lipinski definition) is 7. The van der Waals surface area contributed by atoms with Gasteiger partial charge in [-0.15, -0.1) is 0 Å². The number of allylic oxidation sites excluding steroid dienone is 7. The lowest BCUT2D eigenvalue weighted by molar-refractivity contribution is -0.438. The van der Waals surface area contributed by atoms with Gasteiger partial charge in [-0.05, 0) is 116 Å². The van der Waals surface area contributed by atoms with Gasteiger partial charge >= 0.3 is 6.09 Å². The van der Waals surface area contributed by atoms with E-state index in [1.165, 1.54) is 11.1 Å². The van der Waals surface area contributed by atoms with Gasteiger partial charge in [-0.25, -0.2) is 4.79 Å². The van der Waals surface area contributed by atoms with E-state index in [1.54, 1.807) is 11.9 Å². The minimum atomic E-state index is -4.11. The summed E-state index contributed by atoms with van der Waals surface area (Å²) in [5.41, 5.74) is 8.80. The third-order valence-electron chi connectivity index (χ3n) is 13.4. The Morgan fingerprint density at radius 1 is 0.706 bits per heavy atom. The first-order valence-corrected chi connectivity index (χ1v) is 26.5. The largest absolute Gasteiger partial charge is 0.443 e. The number of hydrogen-bond donors (Lipinski definition) is 2. The molecule has 3 aliphatic rings. The van der Waals surface area contributed by atoms with Crippen molar-refractivity contribution in [2.75, 3.05) is 36.5 Å². The number of nitrogens with zero attached hydrogens (tertiary/aromatic N) is 3. The summed E-state index contributed by atoms with van der Waals surface area (Å²) < 4.78 is 74.3. The Bertz CT molecular complexity index is 3240. The fourth-order valence-corrected chi connectivity index (χ4v) is 11.6. The smallest absolute Gasteiger partial charge is 0.414 e. The van der Waals surface area contributed by atoms with Gasteiger partial charge in [-0.1, -0.05) is 98.8 Å². The second kappa shape index (κ2) is 18.2. The molecule has 356 valence electrons. The fraction of sp³-hybridized carbons (Fsp3) is 0.345. The molecular weight excluding hydrogens is 895 g/mol. The van der Waals surface area contributed by atoms with Crippen LogP contribution in [0.5, 0.6) is 0 Å². The predicted octanol–water partition coefficient (Wildman–Crippen LogP) is 11.6. The summed E-state index contributed by atoms with van der Waals surface area (Å²) in [6, 6.07) is 33.2. The van der Waals surface area contributed by atoms with Crippen molar-refractivity contribution in [1.29, 1.82) is 0 Å². The molecule has 0 saturated carbocycles. The maximum absolute atomic E-state index is 14.3. The number of likely N-dealkylation sites (N-methyl/N-ethyl adjacent to an activating group) is 1. The molecule has 5 aromatic rings. The van der Waals surface area contributed by atoms with Crippen LogP contribution in [-0.2, 0) is 35.8 Å². The van der Waals surface area contributed by atoms with Crippen LogP contribution in [0.1, 0.15) is 96.4 Å². The van der Waals surface area contributed by atoms with E-state index in [1.807, 2.05) is 57.2 Å². The van der Waals surface area contributed by atoms with Crippen LogP contribution < -0.4 is 4.90 Å². The number of ether oxygens (including phenoxy) is 1. The Labute approximate surface area is 401 Å². The molecule has 0 aromatic heterocycles. The van der Waals surface area contributed by atoms with Gasteiger partial charge in [0.1, 0.15) is 12.1 Å². The first kappa shape index (κ1) is 48.6. The highest BCUT2D eigenvalue weighted by Gasteiger charge is 2.46. The van der Waals surface area contributed by atoms with Crippen LogP contribution in [0.3, 0.4) is 0 Å². The maximum Gasteiger partial charge on any atom is 0.414 e. The molecular formula is C55H62N3O8S2+. The zero-order valence-electron chi connectivity index (χ0n) is 40.2. The lowest BCUT2D eigenvalue weighted by Gasteiger charge is -2.28. The van der Waals surface area contributed by atoms with E-state index in [9.17, 15) is 30.7 Å². The number of fused-ring (bicyclic) bond motifs is 7. The number of amides is 1. The molecule has 8 rings (SSSR count). The van der Waals surface area contributed by atoms with Gasteiger partial charge in [-0.3, -0.25) is 14.0 Å². The monoisotopic (exact) mass is 956 g/mol. The van der Waals surface area contributed by atoms with Crippen LogP contribution in [0.4, 0.5) is 16.2 Å². The zero-order valence-corrected chi connectivity index (χ0v) is 41.8. The average molecular weight is 957 g/mol. The summed E-state index contributed by atoms with van der Waals surface area (Å²) in [7, 11) is -6.49. The fourth-order valence-electron chi connectivity index (χ4n) is 10.5. The topological polar surface area (TPSA) is 145 Å². The van der Waals surface area contributed by atoms with E-state index in [-0.39, 0.29) is 11.5 Å². The number of benzene rings is 5. The van der Waals surface area contributed by atoms with E-state index in [2.05, 4.69) is 122 Å². The van der Waals surface area contributed by atoms with E-state index in [0.717, 1.165) is 66.6 Å². The van der Waals surface area contributed by atoms with Crippen LogP contribution in [0.15, 0.2) is 133 Å². The van der Waals surface area contributed by atoms with Crippen LogP contribution in [-0.4, -0.2) is 84.5 Å². The molecule has 5 aromatic carbocycles. The molecule has 0 spiro atoms. The third-order valence-corrected chi connectivity index (χ3v) is 15.0. The molecule has 0 radical (unpaired) electrons. The zero-order chi connectivity index (χ0) is 49.0. The summed E-state index contributed by atoms with van der Waals surface area (Å²) in [4.78, 5) is 18.1. The lowest BCUT2D eigenvalue weighted by atomic mass is 9.79. The van der Waals surface area contributed by atoms with Crippen molar-refractivity contribution in [3.8, 4) is 0 Å². The number of unbranched alkanes of at least 4 members (excludes halogenated alkanes) is 2. The van der Waals surface area contributed by atoms with Gasteiger partial charge in [-0.2, -0.15) is 21.4 Å². The van der Waals surface area contributed by atoms with Crippen LogP contribution >= 0.6 is 0 Å². The molecule has 0 unspecified atom stereocenters. The Hall–Kier alpha value is -5.86. The van der Waals surface area contributed by atoms with Crippen molar-refractivity contribution >= 4 is 76.1 Å². The van der Waals surface area contributed by atoms with Gasteiger partial charge in [0.15, 0.2) is 5.71 Å². The number of anilines is 1. The van der Waals surface area contributed by atoms with E-state index < -0.39 is 42.8 Å². The molecule has 11 nitrogen and oxygen atoms in total. The summed E-state index contributed by atoms with van der Waals surface area (Å²) in [6.45, 7) is 15.4. The maximum atomic E-state index is 14.3. The summed E-state index contributed by atoms with van der Waals surface area (Å²) in [5.74, 6) is -0.637. The van der Waals surface area contributed by atoms with Crippen molar-refractivity contribution in [2.24, 2.45) is 0 Å². The average Bonchev–Trinajstić information content (AvgIpc) is 3.78. The van der Waals surface area contributed by atoms with Crippen LogP contribution in [0, 0.1) is 0 Å². The molecule has 2 aliphatic heterocycles. The van der Waals surface area contributed by atoms with E-state index in [0.29, 0.717) is 44.5 Å². The Balaban J connectivity index is 1.30. The van der Waals surface area contributed by atoms with Crippen molar-refractivity contribution in [1.82, 2.24) is 4.90 Å². The van der Waals surface area contributed by atoms with Crippen molar-refractivity contribution in [3.63, 3.8) is 0 Å². The van der Waals surface area contributed by atoms with Gasteiger partial charge in [0.2, 0.25) is 5.69 Å². The Morgan fingerprint density at radius 2 is 1.28 bits per heavy atom. The van der Waals surface area contributed by atoms with Crippen molar-refractivity contribution in [2.45, 2.75) is 90.6 Å². The summed E-state index contributed by atoms with van der Waals surface area (Å²) >= 11 is 0. The molecule has 0 saturated heterocycles. The number of carbonyl (C=O) groups excluding carboxylic acids is 1. The first-order chi connectivity index (χ1) is 32.0. The van der Waals surface area contributed by atoms with Gasteiger partial charge < -0.3 is 9.64 Å². The quantitative estimate of drug-likeness (QED) is 0.0631. The molecule has 0 fully saturated rings. The SMILES string of the molecule is CN(C(=O)OC(C)(C)C)C1=C(/C=C/C2=[N+](CCCCS(=O)(=O)O)c3ccc4ccccc4c3C2(C)C)c2ccccc2/C1=C\C=C1\N(CCCCS(=O)(=O)O)c2ccc3ccccc3c2C1(C)C. The minimum absolute atomic E-state index is 0.294. The minimum Gasteiger partial charge on any atom is -0.443 e. The molecule has 13 heteroatoms. The van der Waals surface area contributed by atoms with Crippen LogP contribution in [0.25, 0.3) is 32.7 Å². The third kappa shape index (κ3) is 9.58. The van der Waals surface area contributed by atoms with E-state index in [4.69, 9.17) is 4.74 Å². The first-order valence-electron chi connectivity index (χ1n) is 23.3. The molecule has 1 amide bonds. The number of carbonyl (C=O) groups is 1. The van der Waals surface area contributed by atoms with Crippen molar-refractivity contribution in [3.05, 3.63) is 155 Å². The van der Waals surface area contributed by atoms with Gasteiger partial charge in [0.05, 0.1) is 22.6 Å². The van der Waals surface area contributed by atoms with Crippen LogP contribution in [0.2, 0.25) is 0 Å². The second-order valence-electron chi connectivity index (χ2n) is 20.1. The highest BCUT2D eigenvalue weighted by molar-refractivity contribution is 7.86. The summed E-state index contributed by atoms with van der Waals surface area (Å²) in [6.07, 6.45) is 9.54. The Morgan fingerprint density at radius 3 is 1.91 bits per heavy atom. The Kier molecular flexibility index (Phi) is 13.0. The normalized spacial score (nSPS) is 17.8. The van der Waals surface area contributed by atoms with Gasteiger partial charge in [0.25, 0.3) is 20.2 Å². The number of rotatable bonds is 14. The molecule has 1 aliphatic carbocycles. The molecule has 0 bridgehead atoms. The molecule has 68 heavy (non-hydrogen) atoms. The molecule has 2 N–H and O–H groups in total. The van der Waals surface area contributed by atoms with Crippen molar-refractivity contribution < 1.29 is 40.0 Å². The van der Waals surface area contributed by atoms with Gasteiger partial charge in [0, 0.05) is 65.7 Å². The highest BCUT2D eigenvalue weighted by Crippen LogP contribution is 2.52.